The van der Waals surface area contributed by atoms with Gasteiger partial charge in [0.05, 0.1) is 6.26 Å². The largest absolute Gasteiger partial charge is 0.302 e. The molecule has 0 radical (unpaired) electrons. The van der Waals surface area contributed by atoms with Gasteiger partial charge in [-0.05, 0) is 44.5 Å². The minimum atomic E-state index is -3.04. The van der Waals surface area contributed by atoms with E-state index >= 15 is 0 Å². The summed E-state index contributed by atoms with van der Waals surface area (Å²) in [4.78, 5) is 4.89. The van der Waals surface area contributed by atoms with Crippen LogP contribution in [0.3, 0.4) is 0 Å². The summed E-state index contributed by atoms with van der Waals surface area (Å²) in [6.45, 7) is 3.35. The van der Waals surface area contributed by atoms with Crippen molar-refractivity contribution in [3.63, 3.8) is 0 Å². The maximum absolute atomic E-state index is 11.6. The molecule has 2 heterocycles. The summed E-state index contributed by atoms with van der Waals surface area (Å²) in [6, 6.07) is 9.74. The molecule has 2 aliphatic rings. The third kappa shape index (κ3) is 3.99. The van der Waals surface area contributed by atoms with E-state index in [9.17, 15) is 8.42 Å². The molecule has 1 atom stereocenters. The summed E-state index contributed by atoms with van der Waals surface area (Å²) < 4.78 is 24.9. The minimum absolute atomic E-state index is 0.480. The number of hydrogen-bond acceptors (Lipinski definition) is 4. The monoisotopic (exact) mass is 351 g/mol. The number of rotatable bonds is 4. The first kappa shape index (κ1) is 17.9. The molecule has 134 valence electrons. The van der Waals surface area contributed by atoms with Gasteiger partial charge in [-0.2, -0.15) is 0 Å². The van der Waals surface area contributed by atoms with E-state index in [4.69, 9.17) is 0 Å². The zero-order valence-electron chi connectivity index (χ0n) is 15.0. The molecular weight excluding hydrogens is 322 g/mol. The van der Waals surface area contributed by atoms with E-state index in [0.717, 1.165) is 32.4 Å². The summed E-state index contributed by atoms with van der Waals surface area (Å²) in [5, 5.41) is 0. The highest BCUT2D eigenvalue weighted by atomic mass is 32.2. The first-order chi connectivity index (χ1) is 11.3. The normalized spacial score (nSPS) is 24.2. The Morgan fingerprint density at radius 1 is 1.17 bits per heavy atom. The van der Waals surface area contributed by atoms with Crippen LogP contribution in [-0.4, -0.2) is 74.6 Å². The van der Waals surface area contributed by atoms with Crippen LogP contribution in [-0.2, 0) is 23.0 Å². The molecule has 0 saturated carbocycles. The van der Waals surface area contributed by atoms with Crippen molar-refractivity contribution in [1.82, 2.24) is 14.1 Å². The molecule has 1 aromatic rings. The lowest BCUT2D eigenvalue weighted by Crippen LogP contribution is -2.50. The third-order valence-electron chi connectivity index (χ3n) is 5.63. The van der Waals surface area contributed by atoms with Crippen LogP contribution in [0.2, 0.25) is 0 Å². The number of sulfonamides is 1. The summed E-state index contributed by atoms with van der Waals surface area (Å²) in [6.07, 6.45) is 4.26. The maximum Gasteiger partial charge on any atom is 0.211 e. The zero-order valence-corrected chi connectivity index (χ0v) is 15.8. The van der Waals surface area contributed by atoms with Crippen LogP contribution in [0.1, 0.15) is 24.0 Å². The van der Waals surface area contributed by atoms with Gasteiger partial charge in [0.2, 0.25) is 10.0 Å². The van der Waals surface area contributed by atoms with Gasteiger partial charge in [-0.25, -0.2) is 12.7 Å². The smallest absolute Gasteiger partial charge is 0.211 e. The van der Waals surface area contributed by atoms with Gasteiger partial charge in [-0.1, -0.05) is 24.3 Å². The van der Waals surface area contributed by atoms with Crippen LogP contribution in [0.15, 0.2) is 24.3 Å². The van der Waals surface area contributed by atoms with Crippen molar-refractivity contribution in [1.29, 1.82) is 0 Å². The molecule has 0 bridgehead atoms. The lowest BCUT2D eigenvalue weighted by Gasteiger charge is -2.40. The van der Waals surface area contributed by atoms with Crippen molar-refractivity contribution in [2.24, 2.45) is 0 Å². The van der Waals surface area contributed by atoms with E-state index in [2.05, 4.69) is 48.2 Å². The number of piperidine rings is 1. The van der Waals surface area contributed by atoms with Crippen LogP contribution in [0.4, 0.5) is 0 Å². The molecule has 1 fully saturated rings. The summed E-state index contributed by atoms with van der Waals surface area (Å²) >= 11 is 0. The molecule has 0 unspecified atom stereocenters. The van der Waals surface area contributed by atoms with E-state index in [1.165, 1.54) is 17.4 Å². The van der Waals surface area contributed by atoms with Crippen molar-refractivity contribution in [2.75, 3.05) is 40.0 Å². The molecule has 6 heteroatoms. The van der Waals surface area contributed by atoms with Gasteiger partial charge in [-0.3, -0.25) is 4.90 Å². The molecule has 0 spiro atoms. The summed E-state index contributed by atoms with van der Waals surface area (Å²) in [7, 11) is 1.36. The molecule has 0 aliphatic carbocycles. The first-order valence-corrected chi connectivity index (χ1v) is 10.6. The van der Waals surface area contributed by atoms with Crippen LogP contribution in [0.5, 0.6) is 0 Å². The van der Waals surface area contributed by atoms with Gasteiger partial charge in [0.15, 0.2) is 0 Å². The summed E-state index contributed by atoms with van der Waals surface area (Å²) in [5.41, 5.74) is 2.92. The number of fused-ring (bicyclic) bond motifs is 1. The molecule has 0 N–H and O–H groups in total. The van der Waals surface area contributed by atoms with E-state index in [-0.39, 0.29) is 0 Å². The molecule has 5 nitrogen and oxygen atoms in total. The van der Waals surface area contributed by atoms with Gasteiger partial charge < -0.3 is 4.90 Å². The van der Waals surface area contributed by atoms with Crippen molar-refractivity contribution >= 4 is 10.0 Å². The Hall–Kier alpha value is -0.950. The molecule has 3 rings (SSSR count). The predicted octanol–water partition coefficient (Wildman–Crippen LogP) is 1.40. The Balaban J connectivity index is 1.57. The van der Waals surface area contributed by atoms with Crippen LogP contribution >= 0.6 is 0 Å². The third-order valence-corrected chi connectivity index (χ3v) is 6.93. The van der Waals surface area contributed by atoms with Gasteiger partial charge in [0.25, 0.3) is 0 Å². The van der Waals surface area contributed by atoms with Crippen molar-refractivity contribution in [2.45, 2.75) is 37.9 Å². The Kier molecular flexibility index (Phi) is 5.30. The Labute approximate surface area is 146 Å². The number of likely N-dealkylation sites (N-methyl/N-ethyl adjacent to an activating group) is 2. The predicted molar refractivity (Wildman–Crippen MR) is 97.5 cm³/mol. The fourth-order valence-corrected chi connectivity index (χ4v) is 4.89. The lowest BCUT2D eigenvalue weighted by atomic mass is 9.93. The van der Waals surface area contributed by atoms with Crippen LogP contribution < -0.4 is 0 Å². The Morgan fingerprint density at radius 2 is 1.79 bits per heavy atom. The highest BCUT2D eigenvalue weighted by Crippen LogP contribution is 2.24. The molecule has 1 aromatic carbocycles. The molecule has 0 aromatic heterocycles. The van der Waals surface area contributed by atoms with E-state index in [0.29, 0.717) is 25.2 Å². The van der Waals surface area contributed by atoms with Crippen molar-refractivity contribution in [3.05, 3.63) is 35.4 Å². The average Bonchev–Trinajstić information content (AvgIpc) is 2.55. The second kappa shape index (κ2) is 7.12. The fourth-order valence-electron chi connectivity index (χ4n) is 4.02. The molecule has 2 aliphatic heterocycles. The van der Waals surface area contributed by atoms with E-state index in [1.54, 1.807) is 4.31 Å². The van der Waals surface area contributed by atoms with Gasteiger partial charge in [0.1, 0.15) is 0 Å². The van der Waals surface area contributed by atoms with E-state index < -0.39 is 10.0 Å². The highest BCUT2D eigenvalue weighted by molar-refractivity contribution is 7.88. The fraction of sp³-hybridized carbons (Fsp3) is 0.667. The molecule has 24 heavy (non-hydrogen) atoms. The molecule has 1 saturated heterocycles. The van der Waals surface area contributed by atoms with Gasteiger partial charge in [-0.15, -0.1) is 0 Å². The average molecular weight is 352 g/mol. The second-order valence-electron chi connectivity index (χ2n) is 7.37. The minimum Gasteiger partial charge on any atom is -0.302 e. The van der Waals surface area contributed by atoms with Crippen molar-refractivity contribution in [3.8, 4) is 0 Å². The quantitative estimate of drug-likeness (QED) is 0.822. The topological polar surface area (TPSA) is 43.9 Å². The maximum atomic E-state index is 11.6. The first-order valence-electron chi connectivity index (χ1n) is 8.77. The van der Waals surface area contributed by atoms with Gasteiger partial charge >= 0.3 is 0 Å². The number of hydrogen-bond donors (Lipinski definition) is 0. The Bertz CT molecular complexity index is 669. The van der Waals surface area contributed by atoms with Crippen LogP contribution in [0, 0.1) is 0 Å². The standard InChI is InChI=1S/C18H29N3O2S/c1-19-13-16-7-5-4-6-15(16)12-18(19)14-20(2)17-8-10-21(11-9-17)24(3,22)23/h4-7,17-18H,8-14H2,1-3H3/t18-/m0/s1. The number of nitrogens with zero attached hydrogens (tertiary/aromatic N) is 3. The molecular formula is C18H29N3O2S. The van der Waals surface area contributed by atoms with E-state index in [1.807, 2.05) is 0 Å². The highest BCUT2D eigenvalue weighted by Gasteiger charge is 2.30. The molecule has 0 amide bonds. The van der Waals surface area contributed by atoms with Gasteiger partial charge in [0, 0.05) is 38.3 Å². The summed E-state index contributed by atoms with van der Waals surface area (Å²) in [5.74, 6) is 0. The SMILES string of the molecule is CN(C[C@@H]1Cc2ccccc2CN1C)C1CCN(S(C)(=O)=O)CC1. The Morgan fingerprint density at radius 3 is 2.42 bits per heavy atom. The lowest BCUT2D eigenvalue weighted by molar-refractivity contribution is 0.111. The number of benzene rings is 1. The zero-order chi connectivity index (χ0) is 17.3. The van der Waals surface area contributed by atoms with Crippen LogP contribution in [0.25, 0.3) is 0 Å². The second-order valence-corrected chi connectivity index (χ2v) is 9.36. The van der Waals surface area contributed by atoms with Crippen molar-refractivity contribution < 1.29 is 8.42 Å².